The van der Waals surface area contributed by atoms with Crippen molar-refractivity contribution in [3.8, 4) is 0 Å². The lowest BCUT2D eigenvalue weighted by Gasteiger charge is -2.08. The third kappa shape index (κ3) is 4.75. The van der Waals surface area contributed by atoms with Gasteiger partial charge in [-0.05, 0) is 19.1 Å². The number of nitro groups is 1. The van der Waals surface area contributed by atoms with Crippen molar-refractivity contribution in [2.45, 2.75) is 13.3 Å². The highest BCUT2D eigenvalue weighted by molar-refractivity contribution is 5.95. The van der Waals surface area contributed by atoms with Crippen LogP contribution in [0.4, 0.5) is 11.4 Å². The van der Waals surface area contributed by atoms with Gasteiger partial charge in [0.25, 0.3) is 11.6 Å². The number of carbonyl (C=O) groups excluding carboxylic acids is 2. The third-order valence-electron chi connectivity index (χ3n) is 2.63. The molecule has 0 aliphatic heterocycles. The van der Waals surface area contributed by atoms with E-state index in [1.807, 2.05) is 0 Å². The number of nitro benzene ring substituents is 1. The standard InChI is InChI=1S/C13H17N3O5/c1-3-21-12(17)6-7-15-10-5-4-9(13(18)14-2)8-11(10)16(19)20/h4-5,8,15H,3,6-7H2,1-2H3,(H,14,18). The molecule has 8 heteroatoms. The van der Waals surface area contributed by atoms with E-state index in [4.69, 9.17) is 4.74 Å². The summed E-state index contributed by atoms with van der Waals surface area (Å²) in [6.45, 7) is 2.20. The number of ether oxygens (including phenoxy) is 1. The second-order valence-electron chi connectivity index (χ2n) is 4.05. The topological polar surface area (TPSA) is 111 Å². The number of hydrogen-bond donors (Lipinski definition) is 2. The van der Waals surface area contributed by atoms with E-state index in [2.05, 4.69) is 10.6 Å². The summed E-state index contributed by atoms with van der Waals surface area (Å²) in [7, 11) is 1.44. The number of hydrogen-bond acceptors (Lipinski definition) is 6. The van der Waals surface area contributed by atoms with Crippen LogP contribution in [0, 0.1) is 10.1 Å². The number of amides is 1. The van der Waals surface area contributed by atoms with Crippen molar-refractivity contribution in [1.29, 1.82) is 0 Å². The Bertz CT molecular complexity index is 545. The molecule has 21 heavy (non-hydrogen) atoms. The average molecular weight is 295 g/mol. The van der Waals surface area contributed by atoms with Crippen molar-refractivity contribution >= 4 is 23.3 Å². The first-order valence-corrected chi connectivity index (χ1v) is 6.39. The number of benzene rings is 1. The minimum atomic E-state index is -0.584. The second-order valence-corrected chi connectivity index (χ2v) is 4.05. The molecule has 1 aromatic rings. The highest BCUT2D eigenvalue weighted by Crippen LogP contribution is 2.25. The van der Waals surface area contributed by atoms with Crippen molar-refractivity contribution < 1.29 is 19.2 Å². The minimum absolute atomic E-state index is 0.0994. The monoisotopic (exact) mass is 295 g/mol. The molecule has 0 atom stereocenters. The van der Waals surface area contributed by atoms with Gasteiger partial charge in [-0.2, -0.15) is 0 Å². The first-order valence-electron chi connectivity index (χ1n) is 6.39. The molecular weight excluding hydrogens is 278 g/mol. The molecule has 1 amide bonds. The van der Waals surface area contributed by atoms with Gasteiger partial charge in [-0.3, -0.25) is 19.7 Å². The molecule has 0 saturated carbocycles. The molecule has 0 aliphatic carbocycles. The fourth-order valence-electron chi connectivity index (χ4n) is 1.65. The molecule has 2 N–H and O–H groups in total. The number of nitrogens with zero attached hydrogens (tertiary/aromatic N) is 1. The van der Waals surface area contributed by atoms with Gasteiger partial charge in [0.15, 0.2) is 0 Å². The molecule has 8 nitrogen and oxygen atoms in total. The summed E-state index contributed by atoms with van der Waals surface area (Å²) in [5, 5.41) is 16.2. The Kier molecular flexibility index (Phi) is 6.12. The Balaban J connectivity index is 2.80. The highest BCUT2D eigenvalue weighted by atomic mass is 16.6. The van der Waals surface area contributed by atoms with Crippen LogP contribution in [0.2, 0.25) is 0 Å². The lowest BCUT2D eigenvalue weighted by atomic mass is 10.1. The summed E-state index contributed by atoms with van der Waals surface area (Å²) in [6.07, 6.45) is 0.0994. The molecule has 0 heterocycles. The van der Waals surface area contributed by atoms with Crippen LogP contribution in [0.25, 0.3) is 0 Å². The smallest absolute Gasteiger partial charge is 0.307 e. The number of rotatable bonds is 7. The first-order chi connectivity index (χ1) is 9.99. The molecule has 0 unspecified atom stereocenters. The van der Waals surface area contributed by atoms with Gasteiger partial charge in [0.2, 0.25) is 0 Å². The van der Waals surface area contributed by atoms with Gasteiger partial charge in [0, 0.05) is 25.2 Å². The second kappa shape index (κ2) is 7.83. The van der Waals surface area contributed by atoms with Gasteiger partial charge >= 0.3 is 5.97 Å². The van der Waals surface area contributed by atoms with E-state index in [-0.39, 0.29) is 35.9 Å². The van der Waals surface area contributed by atoms with Crippen LogP contribution >= 0.6 is 0 Å². The van der Waals surface area contributed by atoms with Crippen LogP contribution in [-0.4, -0.2) is 37.0 Å². The Morgan fingerprint density at radius 1 is 1.38 bits per heavy atom. The van der Waals surface area contributed by atoms with Crippen LogP contribution in [-0.2, 0) is 9.53 Å². The number of esters is 1. The maximum absolute atomic E-state index is 11.5. The van der Waals surface area contributed by atoms with Crippen molar-refractivity contribution in [3.63, 3.8) is 0 Å². The van der Waals surface area contributed by atoms with Crippen molar-refractivity contribution in [2.75, 3.05) is 25.5 Å². The van der Waals surface area contributed by atoms with E-state index in [9.17, 15) is 19.7 Å². The molecule has 0 aliphatic rings. The van der Waals surface area contributed by atoms with Crippen LogP contribution in [0.5, 0.6) is 0 Å². The maximum atomic E-state index is 11.5. The molecular formula is C13H17N3O5. The summed E-state index contributed by atoms with van der Waals surface area (Å²) in [5.74, 6) is -0.786. The van der Waals surface area contributed by atoms with Gasteiger partial charge in [-0.15, -0.1) is 0 Å². The Hall–Kier alpha value is -2.64. The zero-order chi connectivity index (χ0) is 15.8. The van der Waals surface area contributed by atoms with Crippen LogP contribution in [0.1, 0.15) is 23.7 Å². The van der Waals surface area contributed by atoms with Crippen molar-refractivity contribution in [3.05, 3.63) is 33.9 Å². The SMILES string of the molecule is CCOC(=O)CCNc1ccc(C(=O)NC)cc1[N+](=O)[O-]. The average Bonchev–Trinajstić information content (AvgIpc) is 2.46. The molecule has 0 saturated heterocycles. The van der Waals surface area contributed by atoms with Crippen LogP contribution in [0.15, 0.2) is 18.2 Å². The molecule has 0 spiro atoms. The lowest BCUT2D eigenvalue weighted by Crippen LogP contribution is -2.18. The molecule has 1 aromatic carbocycles. The van der Waals surface area contributed by atoms with Crippen LogP contribution < -0.4 is 10.6 Å². The minimum Gasteiger partial charge on any atom is -0.466 e. The fraction of sp³-hybridized carbons (Fsp3) is 0.385. The number of carbonyl (C=O) groups is 2. The Morgan fingerprint density at radius 2 is 2.10 bits per heavy atom. The molecule has 114 valence electrons. The molecule has 0 radical (unpaired) electrons. The van der Waals surface area contributed by atoms with Crippen molar-refractivity contribution in [1.82, 2.24) is 5.32 Å². The summed E-state index contributed by atoms with van der Waals surface area (Å²) in [6, 6.07) is 4.10. The normalized spacial score (nSPS) is 9.81. The predicted molar refractivity (Wildman–Crippen MR) is 76.2 cm³/mol. The van der Waals surface area contributed by atoms with E-state index < -0.39 is 10.8 Å². The number of anilines is 1. The quantitative estimate of drug-likeness (QED) is 0.446. The summed E-state index contributed by atoms with van der Waals surface area (Å²) in [4.78, 5) is 33.1. The highest BCUT2D eigenvalue weighted by Gasteiger charge is 2.17. The largest absolute Gasteiger partial charge is 0.466 e. The summed E-state index contributed by atoms with van der Waals surface area (Å²) >= 11 is 0. The summed E-state index contributed by atoms with van der Waals surface area (Å²) in [5.41, 5.74) is 0.219. The van der Waals surface area contributed by atoms with Gasteiger partial charge in [-0.1, -0.05) is 0 Å². The van der Waals surface area contributed by atoms with Gasteiger partial charge < -0.3 is 15.4 Å². The van der Waals surface area contributed by atoms with E-state index in [1.165, 1.54) is 25.2 Å². The van der Waals surface area contributed by atoms with E-state index >= 15 is 0 Å². The fourth-order valence-corrected chi connectivity index (χ4v) is 1.65. The molecule has 0 bridgehead atoms. The van der Waals surface area contributed by atoms with Crippen LogP contribution in [0.3, 0.4) is 0 Å². The predicted octanol–water partition coefficient (Wildman–Crippen LogP) is 1.32. The maximum Gasteiger partial charge on any atom is 0.307 e. The molecule has 1 rings (SSSR count). The third-order valence-corrected chi connectivity index (χ3v) is 2.63. The molecule has 0 fully saturated rings. The zero-order valence-corrected chi connectivity index (χ0v) is 11.8. The van der Waals surface area contributed by atoms with Gasteiger partial charge in [-0.25, -0.2) is 0 Å². The first kappa shape index (κ1) is 16.4. The van der Waals surface area contributed by atoms with Crippen molar-refractivity contribution in [2.24, 2.45) is 0 Å². The van der Waals surface area contributed by atoms with E-state index in [1.54, 1.807) is 6.92 Å². The van der Waals surface area contributed by atoms with Gasteiger partial charge in [0.05, 0.1) is 18.0 Å². The Labute approximate surface area is 121 Å². The molecule has 0 aromatic heterocycles. The Morgan fingerprint density at radius 3 is 2.67 bits per heavy atom. The summed E-state index contributed by atoms with van der Waals surface area (Å²) < 4.78 is 4.76. The lowest BCUT2D eigenvalue weighted by molar-refractivity contribution is -0.384. The van der Waals surface area contributed by atoms with Gasteiger partial charge in [0.1, 0.15) is 5.69 Å². The van der Waals surface area contributed by atoms with E-state index in [0.29, 0.717) is 6.61 Å². The zero-order valence-electron chi connectivity index (χ0n) is 11.8. The number of nitrogens with one attached hydrogen (secondary N) is 2. The van der Waals surface area contributed by atoms with E-state index in [0.717, 1.165) is 0 Å².